The number of rotatable bonds is 2. The molecule has 0 fully saturated rings. The third kappa shape index (κ3) is 2.11. The summed E-state index contributed by atoms with van der Waals surface area (Å²) in [5, 5.41) is 7.50. The van der Waals surface area contributed by atoms with Gasteiger partial charge in [0.25, 0.3) is 0 Å². The van der Waals surface area contributed by atoms with Crippen LogP contribution in [0.25, 0.3) is 11.5 Å². The Labute approximate surface area is 88.4 Å². The van der Waals surface area contributed by atoms with E-state index in [4.69, 9.17) is 4.42 Å². The first-order valence-electron chi connectivity index (χ1n) is 4.16. The minimum Gasteiger partial charge on any atom is -0.768 e. The third-order valence-corrected chi connectivity index (χ3v) is 2.48. The van der Waals surface area contributed by atoms with Crippen molar-refractivity contribution in [2.24, 2.45) is 0 Å². The quantitative estimate of drug-likeness (QED) is 0.716. The maximum absolute atomic E-state index is 10.6. The summed E-state index contributed by atoms with van der Waals surface area (Å²) < 4.78 is 26.4. The van der Waals surface area contributed by atoms with Gasteiger partial charge >= 0.3 is 0 Å². The zero-order valence-electron chi connectivity index (χ0n) is 7.84. The molecule has 2 aromatic rings. The molecule has 15 heavy (non-hydrogen) atoms. The SMILES string of the molecule is Cc1nnc(-c2ccc(S(=O)[O-])cc2)o1. The van der Waals surface area contributed by atoms with Crippen molar-refractivity contribution in [3.05, 3.63) is 30.2 Å². The van der Waals surface area contributed by atoms with Crippen molar-refractivity contribution in [2.75, 3.05) is 0 Å². The van der Waals surface area contributed by atoms with Crippen LogP contribution in [0.4, 0.5) is 0 Å². The van der Waals surface area contributed by atoms with E-state index in [1.807, 2.05) is 0 Å². The highest BCUT2D eigenvalue weighted by Gasteiger charge is 2.05. The summed E-state index contributed by atoms with van der Waals surface area (Å²) in [6.07, 6.45) is 0. The summed E-state index contributed by atoms with van der Waals surface area (Å²) in [6, 6.07) is 6.21. The molecule has 1 unspecified atom stereocenters. The van der Waals surface area contributed by atoms with Gasteiger partial charge in [-0.25, -0.2) is 0 Å². The maximum atomic E-state index is 10.6. The van der Waals surface area contributed by atoms with Crippen LogP contribution in [-0.2, 0) is 11.1 Å². The number of hydrogen-bond acceptors (Lipinski definition) is 5. The van der Waals surface area contributed by atoms with Gasteiger partial charge in [0.05, 0.1) is 0 Å². The van der Waals surface area contributed by atoms with Crippen molar-refractivity contribution >= 4 is 11.1 Å². The molecule has 0 radical (unpaired) electrons. The van der Waals surface area contributed by atoms with E-state index in [0.717, 1.165) is 0 Å². The van der Waals surface area contributed by atoms with Crippen LogP contribution in [0.3, 0.4) is 0 Å². The first-order chi connectivity index (χ1) is 7.16. The fourth-order valence-electron chi connectivity index (χ4n) is 1.12. The van der Waals surface area contributed by atoms with Crippen LogP contribution in [0.2, 0.25) is 0 Å². The molecule has 1 aromatic heterocycles. The Morgan fingerprint density at radius 2 is 1.93 bits per heavy atom. The van der Waals surface area contributed by atoms with Gasteiger partial charge in [-0.3, -0.25) is 4.21 Å². The second-order valence-electron chi connectivity index (χ2n) is 2.89. The van der Waals surface area contributed by atoms with E-state index in [0.29, 0.717) is 17.3 Å². The van der Waals surface area contributed by atoms with E-state index in [2.05, 4.69) is 10.2 Å². The molecule has 0 aliphatic heterocycles. The smallest absolute Gasteiger partial charge is 0.247 e. The standard InChI is InChI=1S/C9H8N2O3S/c1-6-10-11-9(14-6)7-2-4-8(5-3-7)15(12)13/h2-5H,1H3,(H,12,13)/p-1. The summed E-state index contributed by atoms with van der Waals surface area (Å²) in [7, 11) is 0. The topological polar surface area (TPSA) is 79.0 Å². The number of nitrogens with zero attached hydrogens (tertiary/aromatic N) is 2. The predicted octanol–water partition coefficient (Wildman–Crippen LogP) is 1.28. The first kappa shape index (κ1) is 10.0. The lowest BCUT2D eigenvalue weighted by atomic mass is 10.2. The third-order valence-electron chi connectivity index (χ3n) is 1.82. The fourth-order valence-corrected chi connectivity index (χ4v) is 1.48. The minimum absolute atomic E-state index is 0.231. The summed E-state index contributed by atoms with van der Waals surface area (Å²) >= 11 is -2.21. The molecule has 0 bridgehead atoms. The van der Waals surface area contributed by atoms with Crippen LogP contribution >= 0.6 is 0 Å². The first-order valence-corrected chi connectivity index (χ1v) is 5.24. The summed E-state index contributed by atoms with van der Waals surface area (Å²) in [4.78, 5) is 0.231. The molecule has 6 heteroatoms. The predicted molar refractivity (Wildman–Crippen MR) is 51.7 cm³/mol. The Morgan fingerprint density at radius 1 is 1.27 bits per heavy atom. The number of hydrogen-bond donors (Lipinski definition) is 0. The highest BCUT2D eigenvalue weighted by Crippen LogP contribution is 2.18. The summed E-state index contributed by atoms with van der Waals surface area (Å²) in [5.74, 6) is 0.859. The lowest BCUT2D eigenvalue weighted by Crippen LogP contribution is -1.88. The molecule has 2 rings (SSSR count). The minimum atomic E-state index is -2.21. The molecule has 78 valence electrons. The van der Waals surface area contributed by atoms with Gasteiger partial charge in [0.1, 0.15) is 0 Å². The zero-order chi connectivity index (χ0) is 10.8. The van der Waals surface area contributed by atoms with Crippen LogP contribution in [0.5, 0.6) is 0 Å². The van der Waals surface area contributed by atoms with Crippen molar-refractivity contribution < 1.29 is 13.2 Å². The van der Waals surface area contributed by atoms with E-state index in [1.165, 1.54) is 12.1 Å². The largest absolute Gasteiger partial charge is 0.768 e. The van der Waals surface area contributed by atoms with Gasteiger partial charge in [0.2, 0.25) is 11.8 Å². The Balaban J connectivity index is 2.35. The van der Waals surface area contributed by atoms with E-state index in [1.54, 1.807) is 19.1 Å². The molecule has 1 aromatic carbocycles. The Kier molecular flexibility index (Phi) is 2.61. The Hall–Kier alpha value is -1.53. The van der Waals surface area contributed by atoms with Crippen LogP contribution in [-0.4, -0.2) is 19.0 Å². The van der Waals surface area contributed by atoms with E-state index >= 15 is 0 Å². The molecule has 1 heterocycles. The highest BCUT2D eigenvalue weighted by molar-refractivity contribution is 7.79. The molecule has 0 amide bonds. The molecule has 0 aliphatic carbocycles. The average molecular weight is 223 g/mol. The van der Waals surface area contributed by atoms with Gasteiger partial charge in [-0.2, -0.15) is 0 Å². The van der Waals surface area contributed by atoms with Gasteiger partial charge in [-0.15, -0.1) is 10.2 Å². The van der Waals surface area contributed by atoms with Gasteiger partial charge in [-0.05, 0) is 35.3 Å². The monoisotopic (exact) mass is 223 g/mol. The van der Waals surface area contributed by atoms with Crippen LogP contribution < -0.4 is 0 Å². The van der Waals surface area contributed by atoms with Crippen LogP contribution in [0, 0.1) is 6.92 Å². The second kappa shape index (κ2) is 3.92. The average Bonchev–Trinajstić information content (AvgIpc) is 2.65. The normalized spacial score (nSPS) is 12.7. The van der Waals surface area contributed by atoms with Gasteiger partial charge in [0, 0.05) is 17.4 Å². The maximum Gasteiger partial charge on any atom is 0.247 e. The second-order valence-corrected chi connectivity index (χ2v) is 3.83. The molecular weight excluding hydrogens is 216 g/mol. The van der Waals surface area contributed by atoms with Crippen molar-refractivity contribution in [1.82, 2.24) is 10.2 Å². The molecule has 1 atom stereocenters. The van der Waals surface area contributed by atoms with E-state index < -0.39 is 11.1 Å². The number of aryl methyl sites for hydroxylation is 1. The molecule has 0 saturated carbocycles. The number of aromatic nitrogens is 2. The van der Waals surface area contributed by atoms with Gasteiger partial charge in [0.15, 0.2) is 0 Å². The zero-order valence-corrected chi connectivity index (χ0v) is 8.65. The fraction of sp³-hybridized carbons (Fsp3) is 0.111. The van der Waals surface area contributed by atoms with E-state index in [-0.39, 0.29) is 4.90 Å². The Bertz CT molecular complexity index is 492. The molecule has 0 saturated heterocycles. The Morgan fingerprint density at radius 3 is 2.40 bits per heavy atom. The molecular formula is C9H7N2O3S-. The van der Waals surface area contributed by atoms with Crippen molar-refractivity contribution in [2.45, 2.75) is 11.8 Å². The van der Waals surface area contributed by atoms with Crippen LogP contribution in [0.15, 0.2) is 33.6 Å². The lowest BCUT2D eigenvalue weighted by Gasteiger charge is -2.04. The van der Waals surface area contributed by atoms with Crippen molar-refractivity contribution in [1.29, 1.82) is 0 Å². The van der Waals surface area contributed by atoms with Gasteiger partial charge < -0.3 is 8.97 Å². The molecule has 5 nitrogen and oxygen atoms in total. The number of benzene rings is 1. The molecule has 0 N–H and O–H groups in total. The van der Waals surface area contributed by atoms with Crippen molar-refractivity contribution in [3.8, 4) is 11.5 Å². The molecule has 0 aliphatic rings. The summed E-state index contributed by atoms with van der Waals surface area (Å²) in [6.45, 7) is 1.69. The summed E-state index contributed by atoms with van der Waals surface area (Å²) in [5.41, 5.74) is 0.699. The van der Waals surface area contributed by atoms with Gasteiger partial charge in [-0.1, -0.05) is 0 Å². The van der Waals surface area contributed by atoms with E-state index in [9.17, 15) is 8.76 Å². The molecule has 0 spiro atoms. The lowest BCUT2D eigenvalue weighted by molar-refractivity contribution is 0.531. The van der Waals surface area contributed by atoms with Crippen molar-refractivity contribution in [3.63, 3.8) is 0 Å². The van der Waals surface area contributed by atoms with Crippen LogP contribution in [0.1, 0.15) is 5.89 Å². The highest BCUT2D eigenvalue weighted by atomic mass is 32.2.